The van der Waals surface area contributed by atoms with Crippen molar-refractivity contribution < 1.29 is 14.7 Å². The van der Waals surface area contributed by atoms with E-state index in [0.717, 1.165) is 10.5 Å². The quantitative estimate of drug-likeness (QED) is 0.582. The first-order valence-corrected chi connectivity index (χ1v) is 7.05. The molecule has 7 heteroatoms. The Bertz CT molecular complexity index is 338. The van der Waals surface area contributed by atoms with E-state index in [1.807, 2.05) is 0 Å². The largest absolute Gasteiger partial charge is 0.386 e. The molecule has 1 rings (SSSR count). The highest BCUT2D eigenvalue weighted by molar-refractivity contribution is 7.99. The fraction of sp³-hybridized carbons (Fsp3) is 0.600. The van der Waals surface area contributed by atoms with E-state index in [9.17, 15) is 14.7 Å². The van der Waals surface area contributed by atoms with Crippen LogP contribution in [0.3, 0.4) is 0 Å². The third-order valence-corrected chi connectivity index (χ3v) is 3.52. The minimum atomic E-state index is -0.789. The smallest absolute Gasteiger partial charge is 0.239 e. The van der Waals surface area contributed by atoms with Crippen molar-refractivity contribution in [3.8, 4) is 0 Å². The molecule has 0 saturated carbocycles. The fourth-order valence-electron chi connectivity index (χ4n) is 1.77. The second-order valence-electron chi connectivity index (χ2n) is 3.92. The van der Waals surface area contributed by atoms with Crippen LogP contribution in [0.2, 0.25) is 0 Å². The molecule has 0 aromatic rings. The molecule has 0 spiro atoms. The zero-order valence-electron chi connectivity index (χ0n) is 9.87. The summed E-state index contributed by atoms with van der Waals surface area (Å²) < 4.78 is 1.79. The van der Waals surface area contributed by atoms with Gasteiger partial charge in [0.05, 0.1) is 17.9 Å². The monoisotopic (exact) mass is 276 g/mol. The SMILES string of the molecule is CSCC(=O)N(C=O)C1CN(P)C=C(C)C1O. The number of carbonyl (C=O) groups is 2. The van der Waals surface area contributed by atoms with Crippen molar-refractivity contribution >= 4 is 33.5 Å². The second-order valence-corrected chi connectivity index (χ2v) is 5.45. The van der Waals surface area contributed by atoms with Crippen LogP contribution in [-0.4, -0.2) is 57.7 Å². The van der Waals surface area contributed by atoms with Gasteiger partial charge in [0.1, 0.15) is 0 Å². The van der Waals surface area contributed by atoms with Crippen LogP contribution in [0.25, 0.3) is 0 Å². The summed E-state index contributed by atoms with van der Waals surface area (Å²) in [6.07, 6.45) is 3.30. The van der Waals surface area contributed by atoms with Crippen LogP contribution in [-0.2, 0) is 9.59 Å². The third kappa shape index (κ3) is 3.44. The van der Waals surface area contributed by atoms with E-state index in [1.54, 1.807) is 24.0 Å². The predicted octanol–water partition coefficient (Wildman–Crippen LogP) is 0.0734. The summed E-state index contributed by atoms with van der Waals surface area (Å²) in [5.74, 6) is -0.0358. The van der Waals surface area contributed by atoms with Gasteiger partial charge in [-0.1, -0.05) is 0 Å². The van der Waals surface area contributed by atoms with E-state index in [0.29, 0.717) is 13.0 Å². The molecule has 5 nitrogen and oxygen atoms in total. The number of imide groups is 1. The van der Waals surface area contributed by atoms with Crippen molar-refractivity contribution in [1.29, 1.82) is 0 Å². The Kier molecular flexibility index (Phi) is 5.43. The van der Waals surface area contributed by atoms with Crippen molar-refractivity contribution in [3.05, 3.63) is 11.8 Å². The number of hydrogen-bond acceptors (Lipinski definition) is 5. The molecule has 0 radical (unpaired) electrons. The molecule has 17 heavy (non-hydrogen) atoms. The maximum absolute atomic E-state index is 11.8. The summed E-state index contributed by atoms with van der Waals surface area (Å²) in [6, 6.07) is -0.519. The fourth-order valence-corrected chi connectivity index (χ4v) is 2.62. The van der Waals surface area contributed by atoms with Crippen molar-refractivity contribution in [3.63, 3.8) is 0 Å². The molecule has 3 atom stereocenters. The molecular weight excluding hydrogens is 259 g/mol. The lowest BCUT2D eigenvalue weighted by atomic mass is 10.0. The maximum Gasteiger partial charge on any atom is 0.239 e. The van der Waals surface area contributed by atoms with Gasteiger partial charge < -0.3 is 9.78 Å². The molecule has 3 unspecified atom stereocenters. The lowest BCUT2D eigenvalue weighted by Crippen LogP contribution is -2.53. The molecule has 0 fully saturated rings. The minimum Gasteiger partial charge on any atom is -0.386 e. The van der Waals surface area contributed by atoms with Crippen LogP contribution < -0.4 is 0 Å². The summed E-state index contributed by atoms with van der Waals surface area (Å²) in [7, 11) is 2.48. The van der Waals surface area contributed by atoms with Crippen LogP contribution in [0.15, 0.2) is 11.8 Å². The van der Waals surface area contributed by atoms with Crippen molar-refractivity contribution in [2.24, 2.45) is 0 Å². The van der Waals surface area contributed by atoms with Crippen LogP contribution in [0.5, 0.6) is 0 Å². The molecule has 96 valence electrons. The standard InChI is InChI=1S/C10H17N2O3PS/c1-7-3-11(16)4-8(10(7)15)12(6-13)9(14)5-17-2/h3,6,8,10,15H,4-5,16H2,1-2H3. The zero-order valence-corrected chi connectivity index (χ0v) is 11.8. The molecule has 0 aromatic carbocycles. The second kappa shape index (κ2) is 6.38. The minimum absolute atomic E-state index is 0.238. The average Bonchev–Trinajstić information content (AvgIpc) is 2.26. The van der Waals surface area contributed by atoms with Gasteiger partial charge in [0.2, 0.25) is 12.3 Å². The Balaban J connectivity index is 2.86. The number of amides is 2. The van der Waals surface area contributed by atoms with Crippen LogP contribution in [0, 0.1) is 0 Å². The lowest BCUT2D eigenvalue weighted by Gasteiger charge is -2.37. The molecule has 0 bridgehead atoms. The molecule has 1 aliphatic rings. The molecule has 1 heterocycles. The van der Waals surface area contributed by atoms with Crippen LogP contribution in [0.4, 0.5) is 0 Å². The predicted molar refractivity (Wildman–Crippen MR) is 71.3 cm³/mol. The van der Waals surface area contributed by atoms with Gasteiger partial charge >= 0.3 is 0 Å². The summed E-state index contributed by atoms with van der Waals surface area (Å²) in [4.78, 5) is 23.9. The molecule has 2 amide bonds. The van der Waals surface area contributed by atoms with E-state index in [1.165, 1.54) is 11.8 Å². The van der Waals surface area contributed by atoms with Gasteiger partial charge in [0, 0.05) is 12.7 Å². The Morgan fingerprint density at radius 1 is 1.82 bits per heavy atom. The number of thioether (sulfide) groups is 1. The topological polar surface area (TPSA) is 60.9 Å². The third-order valence-electron chi connectivity index (χ3n) is 2.62. The number of rotatable bonds is 4. The highest BCUT2D eigenvalue weighted by Crippen LogP contribution is 2.22. The molecule has 0 saturated heterocycles. The van der Waals surface area contributed by atoms with Crippen LogP contribution in [0.1, 0.15) is 6.92 Å². The average molecular weight is 276 g/mol. The van der Waals surface area contributed by atoms with E-state index >= 15 is 0 Å². The molecule has 0 aromatic heterocycles. The van der Waals surface area contributed by atoms with Gasteiger partial charge in [-0.3, -0.25) is 14.5 Å². The first kappa shape index (κ1) is 14.5. The van der Waals surface area contributed by atoms with E-state index < -0.39 is 12.1 Å². The Hall–Kier alpha value is -0.580. The molecule has 1 N–H and O–H groups in total. The Morgan fingerprint density at radius 3 is 3.00 bits per heavy atom. The van der Waals surface area contributed by atoms with Gasteiger partial charge in [-0.15, -0.1) is 0 Å². The van der Waals surface area contributed by atoms with Crippen LogP contribution >= 0.6 is 21.2 Å². The molecular formula is C10H17N2O3PS. The van der Waals surface area contributed by atoms with Gasteiger partial charge in [0.25, 0.3) is 0 Å². The summed E-state index contributed by atoms with van der Waals surface area (Å²) in [6.45, 7) is 2.19. The van der Waals surface area contributed by atoms with Gasteiger partial charge in [-0.2, -0.15) is 11.8 Å². The summed E-state index contributed by atoms with van der Waals surface area (Å²) in [5.41, 5.74) is 0.736. The number of carbonyl (C=O) groups excluding carboxylic acids is 2. The first-order valence-electron chi connectivity index (χ1n) is 5.14. The van der Waals surface area contributed by atoms with Gasteiger partial charge in [0.15, 0.2) is 0 Å². The van der Waals surface area contributed by atoms with Crippen molar-refractivity contribution in [1.82, 2.24) is 9.57 Å². The highest BCUT2D eigenvalue weighted by atomic mass is 32.2. The lowest BCUT2D eigenvalue weighted by molar-refractivity contribution is -0.141. The zero-order chi connectivity index (χ0) is 13.0. The van der Waals surface area contributed by atoms with E-state index in [2.05, 4.69) is 9.39 Å². The summed E-state index contributed by atoms with van der Waals surface area (Å²) in [5, 5.41) is 10.0. The molecule has 1 aliphatic heterocycles. The van der Waals surface area contributed by atoms with E-state index in [4.69, 9.17) is 0 Å². The number of nitrogens with zero attached hydrogens (tertiary/aromatic N) is 2. The Labute approximate surface area is 107 Å². The number of aliphatic hydroxyl groups is 1. The maximum atomic E-state index is 11.8. The number of aliphatic hydroxyl groups excluding tert-OH is 1. The molecule has 0 aliphatic carbocycles. The van der Waals surface area contributed by atoms with Gasteiger partial charge in [-0.25, -0.2) is 0 Å². The first-order chi connectivity index (χ1) is 8.01. The highest BCUT2D eigenvalue weighted by Gasteiger charge is 2.33. The normalized spacial score (nSPS) is 24.2. The number of hydrogen-bond donors (Lipinski definition) is 1. The van der Waals surface area contributed by atoms with E-state index in [-0.39, 0.29) is 11.7 Å². The van der Waals surface area contributed by atoms with Crippen molar-refractivity contribution in [2.45, 2.75) is 19.1 Å². The van der Waals surface area contributed by atoms with Crippen molar-refractivity contribution in [2.75, 3.05) is 18.6 Å². The Morgan fingerprint density at radius 2 is 2.47 bits per heavy atom. The van der Waals surface area contributed by atoms with Gasteiger partial charge in [-0.05, 0) is 28.1 Å². The summed E-state index contributed by atoms with van der Waals surface area (Å²) >= 11 is 1.36.